The number of amides is 1. The van der Waals surface area contributed by atoms with E-state index in [2.05, 4.69) is 5.32 Å². The largest absolute Gasteiger partial charge is 0.352 e. The molecule has 0 unspecified atom stereocenters. The second-order valence-electron chi connectivity index (χ2n) is 4.32. The molecule has 1 fully saturated rings. The van der Waals surface area contributed by atoms with Gasteiger partial charge in [0.25, 0.3) is 5.91 Å². The quantitative estimate of drug-likeness (QED) is 0.912. The third-order valence-electron chi connectivity index (χ3n) is 2.88. The number of halogens is 1. The first-order chi connectivity index (χ1) is 8.61. The van der Waals surface area contributed by atoms with E-state index in [1.807, 2.05) is 6.92 Å². The first-order valence-electron chi connectivity index (χ1n) is 5.91. The molecule has 0 aliphatic carbocycles. The third-order valence-corrected chi connectivity index (χ3v) is 3.21. The van der Waals surface area contributed by atoms with Crippen LogP contribution in [0.5, 0.6) is 0 Å². The lowest BCUT2D eigenvalue weighted by molar-refractivity contribution is -0.145. The molecule has 1 aromatic carbocycles. The van der Waals surface area contributed by atoms with E-state index in [4.69, 9.17) is 21.1 Å². The van der Waals surface area contributed by atoms with Crippen molar-refractivity contribution in [2.45, 2.75) is 19.1 Å². The van der Waals surface area contributed by atoms with Crippen LogP contribution in [-0.2, 0) is 9.47 Å². The summed E-state index contributed by atoms with van der Waals surface area (Å²) in [4.78, 5) is 11.9. The molecule has 1 heterocycles. The molecule has 0 saturated carbocycles. The van der Waals surface area contributed by atoms with E-state index in [1.165, 1.54) is 0 Å². The van der Waals surface area contributed by atoms with E-state index in [9.17, 15) is 4.79 Å². The molecule has 0 aromatic heterocycles. The number of benzene rings is 1. The molecule has 18 heavy (non-hydrogen) atoms. The van der Waals surface area contributed by atoms with E-state index in [0.717, 1.165) is 0 Å². The first kappa shape index (κ1) is 13.3. The van der Waals surface area contributed by atoms with Crippen molar-refractivity contribution in [1.29, 1.82) is 0 Å². The summed E-state index contributed by atoms with van der Waals surface area (Å²) in [6, 6.07) is 6.97. The zero-order chi connectivity index (χ0) is 13.0. The molecule has 2 rings (SSSR count). The van der Waals surface area contributed by atoms with Gasteiger partial charge in [-0.05, 0) is 19.1 Å². The molecule has 1 amide bonds. The zero-order valence-corrected chi connectivity index (χ0v) is 11.0. The van der Waals surface area contributed by atoms with Crippen molar-refractivity contribution in [1.82, 2.24) is 5.32 Å². The van der Waals surface area contributed by atoms with Gasteiger partial charge in [-0.3, -0.25) is 4.79 Å². The van der Waals surface area contributed by atoms with Crippen LogP contribution < -0.4 is 5.32 Å². The van der Waals surface area contributed by atoms with Gasteiger partial charge in [-0.2, -0.15) is 0 Å². The van der Waals surface area contributed by atoms with E-state index < -0.39 is 5.79 Å². The van der Waals surface area contributed by atoms with Crippen molar-refractivity contribution in [3.8, 4) is 0 Å². The number of ether oxygens (including phenoxy) is 2. The topological polar surface area (TPSA) is 47.6 Å². The Kier molecular flexibility index (Phi) is 4.22. The molecule has 0 atom stereocenters. The normalized spacial score (nSPS) is 17.7. The van der Waals surface area contributed by atoms with Crippen LogP contribution >= 0.6 is 11.6 Å². The predicted octanol–water partition coefficient (Wildman–Crippen LogP) is 2.22. The van der Waals surface area contributed by atoms with E-state index in [1.54, 1.807) is 24.3 Å². The second-order valence-corrected chi connectivity index (χ2v) is 4.72. The number of nitrogens with one attached hydrogen (secondary N) is 1. The molecule has 4 nitrogen and oxygen atoms in total. The minimum absolute atomic E-state index is 0.179. The summed E-state index contributed by atoms with van der Waals surface area (Å²) in [6.45, 7) is 3.58. The summed E-state index contributed by atoms with van der Waals surface area (Å²) in [5, 5.41) is 3.26. The Balaban J connectivity index is 1.84. The second kappa shape index (κ2) is 5.69. The molecule has 1 N–H and O–H groups in total. The van der Waals surface area contributed by atoms with Crippen LogP contribution in [0.1, 0.15) is 23.7 Å². The highest BCUT2D eigenvalue weighted by atomic mass is 35.5. The molecule has 1 saturated heterocycles. The summed E-state index contributed by atoms with van der Waals surface area (Å²) in [5.74, 6) is -0.754. The maximum absolute atomic E-state index is 11.9. The summed E-state index contributed by atoms with van der Waals surface area (Å²) in [5.41, 5.74) is 0.484. The fourth-order valence-corrected chi connectivity index (χ4v) is 2.07. The van der Waals surface area contributed by atoms with Crippen LogP contribution in [-0.4, -0.2) is 31.5 Å². The molecule has 0 bridgehead atoms. The van der Waals surface area contributed by atoms with Crippen LogP contribution in [0.3, 0.4) is 0 Å². The fraction of sp³-hybridized carbons (Fsp3) is 0.462. The average Bonchev–Trinajstić information content (AvgIpc) is 2.77. The highest BCUT2D eigenvalue weighted by molar-refractivity contribution is 6.33. The Morgan fingerprint density at radius 3 is 2.72 bits per heavy atom. The highest BCUT2D eigenvalue weighted by Crippen LogP contribution is 2.21. The van der Waals surface area contributed by atoms with E-state index >= 15 is 0 Å². The van der Waals surface area contributed by atoms with Gasteiger partial charge in [-0.15, -0.1) is 0 Å². The van der Waals surface area contributed by atoms with Crippen LogP contribution in [0.2, 0.25) is 5.02 Å². The molecular formula is C13H16ClNO3. The predicted molar refractivity (Wildman–Crippen MR) is 68.7 cm³/mol. The maximum Gasteiger partial charge on any atom is 0.252 e. The lowest BCUT2D eigenvalue weighted by Crippen LogP contribution is -2.33. The summed E-state index contributed by atoms with van der Waals surface area (Å²) in [7, 11) is 0. The Labute approximate surface area is 111 Å². The van der Waals surface area contributed by atoms with Gasteiger partial charge in [0, 0.05) is 13.0 Å². The third kappa shape index (κ3) is 3.22. The minimum Gasteiger partial charge on any atom is -0.352 e. The van der Waals surface area contributed by atoms with Gasteiger partial charge in [0.2, 0.25) is 0 Å². The van der Waals surface area contributed by atoms with Gasteiger partial charge in [-0.25, -0.2) is 0 Å². The van der Waals surface area contributed by atoms with Gasteiger partial charge >= 0.3 is 0 Å². The molecule has 98 valence electrons. The fourth-order valence-electron chi connectivity index (χ4n) is 1.84. The van der Waals surface area contributed by atoms with Gasteiger partial charge in [0.1, 0.15) is 0 Å². The number of hydrogen-bond donors (Lipinski definition) is 1. The Bertz CT molecular complexity index is 430. The van der Waals surface area contributed by atoms with Crippen molar-refractivity contribution in [2.24, 2.45) is 0 Å². The lowest BCUT2D eigenvalue weighted by atomic mass is 10.2. The van der Waals surface area contributed by atoms with Crippen molar-refractivity contribution in [3.63, 3.8) is 0 Å². The van der Waals surface area contributed by atoms with Crippen molar-refractivity contribution in [2.75, 3.05) is 19.8 Å². The molecule has 1 aromatic rings. The number of rotatable bonds is 4. The van der Waals surface area contributed by atoms with Crippen LogP contribution in [0, 0.1) is 0 Å². The van der Waals surface area contributed by atoms with Gasteiger partial charge < -0.3 is 14.8 Å². The summed E-state index contributed by atoms with van der Waals surface area (Å²) in [6.07, 6.45) is 0.614. The first-order valence-corrected chi connectivity index (χ1v) is 6.29. The average molecular weight is 270 g/mol. The smallest absolute Gasteiger partial charge is 0.252 e. The van der Waals surface area contributed by atoms with Crippen LogP contribution in [0.25, 0.3) is 0 Å². The Morgan fingerprint density at radius 2 is 2.06 bits per heavy atom. The van der Waals surface area contributed by atoms with Crippen molar-refractivity contribution in [3.05, 3.63) is 34.9 Å². The molecule has 1 aliphatic rings. The molecule has 0 radical (unpaired) electrons. The standard InChI is InChI=1S/C13H16ClNO3/c1-13(17-8-9-18-13)6-7-15-12(16)10-4-2-3-5-11(10)14/h2-5H,6-9H2,1H3,(H,15,16). The molecular weight excluding hydrogens is 254 g/mol. The van der Waals surface area contributed by atoms with E-state index in [-0.39, 0.29) is 5.91 Å². The minimum atomic E-state index is -0.576. The Morgan fingerprint density at radius 1 is 1.39 bits per heavy atom. The molecule has 1 aliphatic heterocycles. The SMILES string of the molecule is CC1(CCNC(=O)c2ccccc2Cl)OCCO1. The van der Waals surface area contributed by atoms with Gasteiger partial charge in [0.15, 0.2) is 5.79 Å². The van der Waals surface area contributed by atoms with Crippen molar-refractivity contribution >= 4 is 17.5 Å². The number of carbonyl (C=O) groups is 1. The summed E-state index contributed by atoms with van der Waals surface area (Å²) < 4.78 is 10.9. The summed E-state index contributed by atoms with van der Waals surface area (Å²) >= 11 is 5.94. The van der Waals surface area contributed by atoms with Crippen molar-refractivity contribution < 1.29 is 14.3 Å². The number of carbonyl (C=O) groups excluding carboxylic acids is 1. The maximum atomic E-state index is 11.9. The van der Waals surface area contributed by atoms with Crippen LogP contribution in [0.4, 0.5) is 0 Å². The Hall–Kier alpha value is -1.10. The highest BCUT2D eigenvalue weighted by Gasteiger charge is 2.30. The number of hydrogen-bond acceptors (Lipinski definition) is 3. The zero-order valence-electron chi connectivity index (χ0n) is 10.2. The van der Waals surface area contributed by atoms with Gasteiger partial charge in [0.05, 0.1) is 23.8 Å². The van der Waals surface area contributed by atoms with Gasteiger partial charge in [-0.1, -0.05) is 23.7 Å². The lowest BCUT2D eigenvalue weighted by Gasteiger charge is -2.22. The monoisotopic (exact) mass is 269 g/mol. The van der Waals surface area contributed by atoms with Crippen LogP contribution in [0.15, 0.2) is 24.3 Å². The molecule has 0 spiro atoms. The molecule has 5 heteroatoms. The van der Waals surface area contributed by atoms with E-state index in [0.29, 0.717) is 36.8 Å².